The van der Waals surface area contributed by atoms with E-state index in [1.807, 2.05) is 11.9 Å². The molecule has 1 aromatic carbocycles. The standard InChI is InChI=1S/C14H19FN2O.ClH/c1-16-13-5-7-17(8-6-13)14(18)10-11-3-2-4-12(15)9-11;/h2-4,9,13,16H,5-8,10H2,1H3;1H. The first kappa shape index (κ1) is 15.9. The second-order valence-electron chi connectivity index (χ2n) is 4.75. The maximum Gasteiger partial charge on any atom is 0.226 e. The van der Waals surface area contributed by atoms with Crippen molar-refractivity contribution in [3.63, 3.8) is 0 Å². The van der Waals surface area contributed by atoms with E-state index in [-0.39, 0.29) is 24.1 Å². The first-order valence-electron chi connectivity index (χ1n) is 6.38. The number of hydrogen-bond acceptors (Lipinski definition) is 2. The van der Waals surface area contributed by atoms with Crippen molar-refractivity contribution in [2.75, 3.05) is 20.1 Å². The van der Waals surface area contributed by atoms with Gasteiger partial charge in [-0.1, -0.05) is 12.1 Å². The number of hydrogen-bond donors (Lipinski definition) is 1. The second kappa shape index (κ2) is 7.46. The SMILES string of the molecule is CNC1CCN(C(=O)Cc2cccc(F)c2)CC1.Cl. The van der Waals surface area contributed by atoms with Gasteiger partial charge in [0.25, 0.3) is 0 Å². The van der Waals surface area contributed by atoms with Gasteiger partial charge in [0.2, 0.25) is 5.91 Å². The van der Waals surface area contributed by atoms with Crippen molar-refractivity contribution in [2.45, 2.75) is 25.3 Å². The normalized spacial score (nSPS) is 16.0. The zero-order chi connectivity index (χ0) is 13.0. The largest absolute Gasteiger partial charge is 0.342 e. The topological polar surface area (TPSA) is 32.3 Å². The average molecular weight is 287 g/mol. The van der Waals surface area contributed by atoms with Gasteiger partial charge < -0.3 is 10.2 Å². The van der Waals surface area contributed by atoms with E-state index in [0.29, 0.717) is 12.5 Å². The molecule has 1 heterocycles. The Labute approximate surface area is 119 Å². The van der Waals surface area contributed by atoms with Crippen LogP contribution in [0.1, 0.15) is 18.4 Å². The summed E-state index contributed by atoms with van der Waals surface area (Å²) in [6.07, 6.45) is 2.28. The molecule has 0 saturated carbocycles. The summed E-state index contributed by atoms with van der Waals surface area (Å²) >= 11 is 0. The fraction of sp³-hybridized carbons (Fsp3) is 0.500. The van der Waals surface area contributed by atoms with E-state index < -0.39 is 0 Å². The predicted octanol–water partition coefficient (Wildman–Crippen LogP) is 2.00. The lowest BCUT2D eigenvalue weighted by Gasteiger charge is -2.31. The summed E-state index contributed by atoms with van der Waals surface area (Å²) in [5.74, 6) is -0.190. The molecular formula is C14H20ClFN2O. The van der Waals surface area contributed by atoms with Crippen molar-refractivity contribution in [1.82, 2.24) is 10.2 Å². The van der Waals surface area contributed by atoms with Gasteiger partial charge in [-0.3, -0.25) is 4.79 Å². The predicted molar refractivity (Wildman–Crippen MR) is 76.0 cm³/mol. The Morgan fingerprint density at radius 1 is 1.42 bits per heavy atom. The quantitative estimate of drug-likeness (QED) is 0.922. The Hall–Kier alpha value is -1.13. The number of nitrogens with zero attached hydrogens (tertiary/aromatic N) is 1. The number of amides is 1. The van der Waals surface area contributed by atoms with Crippen molar-refractivity contribution in [3.8, 4) is 0 Å². The van der Waals surface area contributed by atoms with Gasteiger partial charge in [-0.2, -0.15) is 0 Å². The summed E-state index contributed by atoms with van der Waals surface area (Å²) in [7, 11) is 1.95. The minimum atomic E-state index is -0.283. The number of benzene rings is 1. The van der Waals surface area contributed by atoms with E-state index in [2.05, 4.69) is 5.32 Å². The zero-order valence-electron chi connectivity index (χ0n) is 11.1. The number of rotatable bonds is 3. The highest BCUT2D eigenvalue weighted by atomic mass is 35.5. The third-order valence-electron chi connectivity index (χ3n) is 3.50. The van der Waals surface area contributed by atoms with E-state index in [1.165, 1.54) is 12.1 Å². The Bertz CT molecular complexity index is 420. The molecule has 0 spiro atoms. The molecule has 1 aliphatic heterocycles. The molecule has 0 radical (unpaired) electrons. The van der Waals surface area contributed by atoms with Crippen LogP contribution >= 0.6 is 12.4 Å². The fourth-order valence-electron chi connectivity index (χ4n) is 2.35. The lowest BCUT2D eigenvalue weighted by atomic mass is 10.0. The molecule has 0 unspecified atom stereocenters. The molecule has 3 nitrogen and oxygen atoms in total. The van der Waals surface area contributed by atoms with Gasteiger partial charge in [0.1, 0.15) is 5.82 Å². The van der Waals surface area contributed by atoms with Gasteiger partial charge in [0, 0.05) is 19.1 Å². The number of likely N-dealkylation sites (tertiary alicyclic amines) is 1. The van der Waals surface area contributed by atoms with Crippen LogP contribution in [-0.4, -0.2) is 37.0 Å². The summed E-state index contributed by atoms with van der Waals surface area (Å²) in [5.41, 5.74) is 0.746. The molecule has 0 aromatic heterocycles. The summed E-state index contributed by atoms with van der Waals surface area (Å²) in [6, 6.07) is 6.78. The van der Waals surface area contributed by atoms with Crippen molar-refractivity contribution in [1.29, 1.82) is 0 Å². The molecule has 2 rings (SSSR count). The van der Waals surface area contributed by atoms with Crippen molar-refractivity contribution in [2.24, 2.45) is 0 Å². The van der Waals surface area contributed by atoms with Crippen molar-refractivity contribution >= 4 is 18.3 Å². The molecular weight excluding hydrogens is 267 g/mol. The first-order chi connectivity index (χ1) is 8.69. The molecule has 106 valence electrons. The Balaban J connectivity index is 0.00000180. The molecule has 1 aromatic rings. The van der Waals surface area contributed by atoms with Gasteiger partial charge >= 0.3 is 0 Å². The van der Waals surface area contributed by atoms with E-state index in [1.54, 1.807) is 12.1 Å². The van der Waals surface area contributed by atoms with Crippen molar-refractivity contribution < 1.29 is 9.18 Å². The van der Waals surface area contributed by atoms with Crippen LogP contribution in [0.15, 0.2) is 24.3 Å². The van der Waals surface area contributed by atoms with Crippen LogP contribution in [0.5, 0.6) is 0 Å². The highest BCUT2D eigenvalue weighted by Crippen LogP contribution is 2.12. The lowest BCUT2D eigenvalue weighted by molar-refractivity contribution is -0.131. The Morgan fingerprint density at radius 2 is 2.11 bits per heavy atom. The molecule has 1 aliphatic rings. The Morgan fingerprint density at radius 3 is 2.68 bits per heavy atom. The van der Waals surface area contributed by atoms with Gasteiger partial charge in [-0.25, -0.2) is 4.39 Å². The van der Waals surface area contributed by atoms with Crippen molar-refractivity contribution in [3.05, 3.63) is 35.6 Å². The maximum atomic E-state index is 13.0. The summed E-state index contributed by atoms with van der Waals surface area (Å²) in [6.45, 7) is 1.58. The smallest absolute Gasteiger partial charge is 0.226 e. The summed E-state index contributed by atoms with van der Waals surface area (Å²) in [4.78, 5) is 13.9. The van der Waals surface area contributed by atoms with E-state index in [0.717, 1.165) is 31.5 Å². The molecule has 1 saturated heterocycles. The molecule has 0 bridgehead atoms. The number of carbonyl (C=O) groups is 1. The summed E-state index contributed by atoms with van der Waals surface area (Å²) in [5, 5.41) is 3.23. The van der Waals surface area contributed by atoms with Crippen LogP contribution in [0.4, 0.5) is 4.39 Å². The highest BCUT2D eigenvalue weighted by Gasteiger charge is 2.21. The van der Waals surface area contributed by atoms with Crippen LogP contribution in [0.2, 0.25) is 0 Å². The Kier molecular flexibility index (Phi) is 6.25. The lowest BCUT2D eigenvalue weighted by Crippen LogP contribution is -2.44. The maximum absolute atomic E-state index is 13.0. The van der Waals surface area contributed by atoms with E-state index in [4.69, 9.17) is 0 Å². The van der Waals surface area contributed by atoms with Crippen LogP contribution in [0, 0.1) is 5.82 Å². The number of carbonyl (C=O) groups excluding carboxylic acids is 1. The van der Waals surface area contributed by atoms with Crippen LogP contribution in [0.25, 0.3) is 0 Å². The van der Waals surface area contributed by atoms with Gasteiger partial charge in [-0.05, 0) is 37.6 Å². The number of halogens is 2. The molecule has 19 heavy (non-hydrogen) atoms. The first-order valence-corrected chi connectivity index (χ1v) is 6.38. The molecule has 1 amide bonds. The minimum absolute atomic E-state index is 0. The number of nitrogens with one attached hydrogen (secondary N) is 1. The van der Waals surface area contributed by atoms with Crippen LogP contribution in [0.3, 0.4) is 0 Å². The molecule has 1 N–H and O–H groups in total. The minimum Gasteiger partial charge on any atom is -0.342 e. The van der Waals surface area contributed by atoms with E-state index >= 15 is 0 Å². The number of piperidine rings is 1. The summed E-state index contributed by atoms with van der Waals surface area (Å²) < 4.78 is 13.0. The van der Waals surface area contributed by atoms with Crippen LogP contribution < -0.4 is 5.32 Å². The van der Waals surface area contributed by atoms with Gasteiger partial charge in [-0.15, -0.1) is 12.4 Å². The fourth-order valence-corrected chi connectivity index (χ4v) is 2.35. The highest BCUT2D eigenvalue weighted by molar-refractivity contribution is 5.85. The second-order valence-corrected chi connectivity index (χ2v) is 4.75. The molecule has 5 heteroatoms. The van der Waals surface area contributed by atoms with Crippen LogP contribution in [-0.2, 0) is 11.2 Å². The third kappa shape index (κ3) is 4.48. The van der Waals surface area contributed by atoms with E-state index in [9.17, 15) is 9.18 Å². The molecule has 0 aliphatic carbocycles. The molecule has 0 atom stereocenters. The molecule has 1 fully saturated rings. The van der Waals surface area contributed by atoms with Gasteiger partial charge in [0.15, 0.2) is 0 Å². The average Bonchev–Trinajstić information content (AvgIpc) is 2.39. The van der Waals surface area contributed by atoms with Gasteiger partial charge in [0.05, 0.1) is 6.42 Å². The third-order valence-corrected chi connectivity index (χ3v) is 3.50. The zero-order valence-corrected chi connectivity index (χ0v) is 11.9. The monoisotopic (exact) mass is 286 g/mol.